The quantitative estimate of drug-likeness (QED) is 0.586. The van der Waals surface area contributed by atoms with Crippen LogP contribution in [0.4, 0.5) is 18.9 Å². The van der Waals surface area contributed by atoms with Crippen LogP contribution in [0.5, 0.6) is 0 Å². The van der Waals surface area contributed by atoms with E-state index in [1.165, 1.54) is 0 Å². The molecule has 0 spiro atoms. The molecule has 154 valence electrons. The highest BCUT2D eigenvalue weighted by Gasteiger charge is 2.30. The number of para-hydroxylation sites is 1. The molecule has 0 radical (unpaired) electrons. The van der Waals surface area contributed by atoms with Gasteiger partial charge in [0, 0.05) is 17.9 Å². The third-order valence-corrected chi connectivity index (χ3v) is 4.58. The number of hydrogen-bond donors (Lipinski definition) is 2. The lowest BCUT2D eigenvalue weighted by Gasteiger charge is -2.15. The highest BCUT2D eigenvalue weighted by Crippen LogP contribution is 2.29. The van der Waals surface area contributed by atoms with E-state index in [0.717, 1.165) is 48.4 Å². The molecule has 2 aromatic rings. The van der Waals surface area contributed by atoms with Gasteiger partial charge in [-0.25, -0.2) is 4.99 Å². The van der Waals surface area contributed by atoms with Crippen molar-refractivity contribution in [3.8, 4) is 0 Å². The molecule has 1 aliphatic heterocycles. The number of nitrogens with zero attached hydrogens (tertiary/aromatic N) is 1. The summed E-state index contributed by atoms with van der Waals surface area (Å²) < 4.78 is 43.7. The Balaban J connectivity index is 1.75. The SMILES string of the molecule is Cc1ccccc1NC(=NCC1CCCO1)NC(=O)c1ccc(C(F)(F)F)cc1. The number of benzene rings is 2. The number of nitrogens with one attached hydrogen (secondary N) is 2. The molecular weight excluding hydrogens is 383 g/mol. The third-order valence-electron chi connectivity index (χ3n) is 4.58. The largest absolute Gasteiger partial charge is 0.416 e. The van der Waals surface area contributed by atoms with Crippen LogP contribution in [-0.2, 0) is 10.9 Å². The van der Waals surface area contributed by atoms with Crippen molar-refractivity contribution in [2.24, 2.45) is 4.99 Å². The predicted octanol–water partition coefficient (Wildman–Crippen LogP) is 4.39. The van der Waals surface area contributed by atoms with Gasteiger partial charge in [-0.2, -0.15) is 13.2 Å². The molecular formula is C21H22F3N3O2. The van der Waals surface area contributed by atoms with Crippen molar-refractivity contribution in [2.45, 2.75) is 32.0 Å². The van der Waals surface area contributed by atoms with Crippen LogP contribution >= 0.6 is 0 Å². The number of hydrogen-bond acceptors (Lipinski definition) is 3. The monoisotopic (exact) mass is 405 g/mol. The Labute approximate surface area is 167 Å². The number of aryl methyl sites for hydroxylation is 1. The molecule has 1 fully saturated rings. The molecule has 0 aliphatic carbocycles. The number of amides is 1. The van der Waals surface area contributed by atoms with Gasteiger partial charge in [0.2, 0.25) is 5.96 Å². The van der Waals surface area contributed by atoms with E-state index >= 15 is 0 Å². The molecule has 0 saturated carbocycles. The highest BCUT2D eigenvalue weighted by molar-refractivity contribution is 6.10. The van der Waals surface area contributed by atoms with Crippen molar-refractivity contribution in [3.63, 3.8) is 0 Å². The van der Waals surface area contributed by atoms with E-state index in [2.05, 4.69) is 15.6 Å². The highest BCUT2D eigenvalue weighted by atomic mass is 19.4. The Kier molecular flexibility index (Phi) is 6.53. The Morgan fingerprint density at radius 2 is 1.90 bits per heavy atom. The van der Waals surface area contributed by atoms with Crippen LogP contribution in [0.25, 0.3) is 0 Å². The smallest absolute Gasteiger partial charge is 0.376 e. The van der Waals surface area contributed by atoms with Gasteiger partial charge in [0.15, 0.2) is 0 Å². The lowest BCUT2D eigenvalue weighted by Crippen LogP contribution is -2.37. The molecule has 1 atom stereocenters. The summed E-state index contributed by atoms with van der Waals surface area (Å²) in [7, 11) is 0. The molecule has 2 aromatic carbocycles. The van der Waals surface area contributed by atoms with Crippen molar-refractivity contribution in [3.05, 3.63) is 65.2 Å². The zero-order valence-electron chi connectivity index (χ0n) is 15.9. The van der Waals surface area contributed by atoms with Gasteiger partial charge < -0.3 is 10.1 Å². The minimum absolute atomic E-state index is 0.00774. The molecule has 1 saturated heterocycles. The molecule has 8 heteroatoms. The van der Waals surface area contributed by atoms with Crippen molar-refractivity contribution < 1.29 is 22.7 Å². The van der Waals surface area contributed by atoms with Gasteiger partial charge in [-0.15, -0.1) is 0 Å². The van der Waals surface area contributed by atoms with Crippen LogP contribution in [0, 0.1) is 6.92 Å². The average molecular weight is 405 g/mol. The van der Waals surface area contributed by atoms with E-state index in [1.54, 1.807) is 0 Å². The number of carbonyl (C=O) groups excluding carboxylic acids is 1. The number of carbonyl (C=O) groups is 1. The molecule has 29 heavy (non-hydrogen) atoms. The first-order chi connectivity index (χ1) is 13.8. The third kappa shape index (κ3) is 5.80. The average Bonchev–Trinajstić information content (AvgIpc) is 3.21. The lowest BCUT2D eigenvalue weighted by atomic mass is 10.1. The Bertz CT molecular complexity index is 873. The van der Waals surface area contributed by atoms with E-state index < -0.39 is 17.6 Å². The summed E-state index contributed by atoms with van der Waals surface area (Å²) in [4.78, 5) is 17.0. The Morgan fingerprint density at radius 1 is 1.17 bits per heavy atom. The molecule has 2 N–H and O–H groups in total. The number of guanidine groups is 1. The van der Waals surface area contributed by atoms with Gasteiger partial charge in [0.25, 0.3) is 5.91 Å². The zero-order chi connectivity index (χ0) is 20.9. The van der Waals surface area contributed by atoms with Crippen molar-refractivity contribution in [2.75, 3.05) is 18.5 Å². The molecule has 0 aromatic heterocycles. The van der Waals surface area contributed by atoms with Crippen LogP contribution in [-0.4, -0.2) is 31.1 Å². The summed E-state index contributed by atoms with van der Waals surface area (Å²) in [6, 6.07) is 11.6. The van der Waals surface area contributed by atoms with Crippen LogP contribution in [0.2, 0.25) is 0 Å². The fourth-order valence-corrected chi connectivity index (χ4v) is 2.92. The van der Waals surface area contributed by atoms with Crippen molar-refractivity contribution in [1.82, 2.24) is 5.32 Å². The Morgan fingerprint density at radius 3 is 2.52 bits per heavy atom. The molecule has 5 nitrogen and oxygen atoms in total. The fourth-order valence-electron chi connectivity index (χ4n) is 2.92. The van der Waals surface area contributed by atoms with Gasteiger partial charge in [0.05, 0.1) is 18.2 Å². The summed E-state index contributed by atoms with van der Waals surface area (Å²) in [5.41, 5.74) is 1.03. The van der Waals surface area contributed by atoms with Crippen molar-refractivity contribution in [1.29, 1.82) is 0 Å². The summed E-state index contributed by atoms with van der Waals surface area (Å²) >= 11 is 0. The second kappa shape index (κ2) is 9.09. The maximum Gasteiger partial charge on any atom is 0.416 e. The summed E-state index contributed by atoms with van der Waals surface area (Å²) in [6.45, 7) is 2.98. The molecule has 1 heterocycles. The molecule has 3 rings (SSSR count). The fraction of sp³-hybridized carbons (Fsp3) is 0.333. The minimum Gasteiger partial charge on any atom is -0.376 e. The van der Waals surface area contributed by atoms with Gasteiger partial charge >= 0.3 is 6.18 Å². The molecule has 1 unspecified atom stereocenters. The number of halogens is 3. The van der Waals surface area contributed by atoms with E-state index in [1.807, 2.05) is 31.2 Å². The number of rotatable bonds is 4. The molecule has 0 bridgehead atoms. The maximum absolute atomic E-state index is 12.7. The first-order valence-electron chi connectivity index (χ1n) is 9.30. The number of alkyl halides is 3. The lowest BCUT2D eigenvalue weighted by molar-refractivity contribution is -0.137. The second-order valence-corrected chi connectivity index (χ2v) is 6.79. The predicted molar refractivity (Wildman–Crippen MR) is 105 cm³/mol. The van der Waals surface area contributed by atoms with Gasteiger partial charge in [0.1, 0.15) is 0 Å². The van der Waals surface area contributed by atoms with Gasteiger partial charge in [-0.05, 0) is 55.7 Å². The topological polar surface area (TPSA) is 62.7 Å². The first-order valence-corrected chi connectivity index (χ1v) is 9.30. The Hall–Kier alpha value is -2.87. The van der Waals surface area contributed by atoms with Gasteiger partial charge in [-0.3, -0.25) is 10.1 Å². The maximum atomic E-state index is 12.7. The van der Waals surface area contributed by atoms with E-state index in [4.69, 9.17) is 4.74 Å². The summed E-state index contributed by atoms with van der Waals surface area (Å²) in [5, 5.41) is 5.74. The van der Waals surface area contributed by atoms with Crippen molar-refractivity contribution >= 4 is 17.6 Å². The van der Waals surface area contributed by atoms with Crippen LogP contribution in [0.15, 0.2) is 53.5 Å². The van der Waals surface area contributed by atoms with Crippen LogP contribution < -0.4 is 10.6 Å². The van der Waals surface area contributed by atoms with E-state index in [-0.39, 0.29) is 17.6 Å². The minimum atomic E-state index is -4.45. The summed E-state index contributed by atoms with van der Waals surface area (Å²) in [5.74, 6) is -0.328. The zero-order valence-corrected chi connectivity index (χ0v) is 15.9. The second-order valence-electron chi connectivity index (χ2n) is 6.79. The number of aliphatic imine (C=N–C) groups is 1. The number of ether oxygens (including phenoxy) is 1. The number of anilines is 1. The van der Waals surface area contributed by atoms with Crippen LogP contribution in [0.3, 0.4) is 0 Å². The summed E-state index contributed by atoms with van der Waals surface area (Å²) in [6.07, 6.45) is -2.59. The first kappa shape index (κ1) is 20.9. The molecule has 1 aliphatic rings. The van der Waals surface area contributed by atoms with Gasteiger partial charge in [-0.1, -0.05) is 18.2 Å². The normalized spacial score (nSPS) is 17.2. The van der Waals surface area contributed by atoms with E-state index in [0.29, 0.717) is 13.2 Å². The standard InChI is InChI=1S/C21H22F3N3O2/c1-14-5-2-3-7-18(14)26-20(25-13-17-6-4-12-29-17)27-19(28)15-8-10-16(11-9-15)21(22,23)24/h2-3,5,7-11,17H,4,6,12-13H2,1H3,(H2,25,26,27,28). The van der Waals surface area contributed by atoms with Crippen LogP contribution in [0.1, 0.15) is 34.3 Å². The molecule has 1 amide bonds. The van der Waals surface area contributed by atoms with E-state index in [9.17, 15) is 18.0 Å².